The topological polar surface area (TPSA) is 42.6 Å². The summed E-state index contributed by atoms with van der Waals surface area (Å²) in [5, 5.41) is 1.10. The zero-order valence-electron chi connectivity index (χ0n) is 8.99. The molecular formula is C13H11NO2. The van der Waals surface area contributed by atoms with E-state index in [1.807, 2.05) is 25.1 Å². The predicted molar refractivity (Wildman–Crippen MR) is 60.0 cm³/mol. The number of hydrogen-bond acceptors (Lipinski definition) is 3. The second kappa shape index (κ2) is 3.06. The molecule has 16 heavy (non-hydrogen) atoms. The molecule has 1 saturated carbocycles. The lowest BCUT2D eigenvalue weighted by Gasteiger charge is -2.08. The molecule has 80 valence electrons. The van der Waals surface area contributed by atoms with Crippen LogP contribution in [0.5, 0.6) is 0 Å². The van der Waals surface area contributed by atoms with E-state index in [4.69, 9.17) is 4.42 Å². The van der Waals surface area contributed by atoms with Gasteiger partial charge in [-0.15, -0.1) is 0 Å². The minimum absolute atomic E-state index is 0.356. The van der Waals surface area contributed by atoms with E-state index in [9.17, 15) is 4.79 Å². The second-order valence-corrected chi connectivity index (χ2v) is 4.34. The van der Waals surface area contributed by atoms with Crippen LogP contribution in [0, 0.1) is 6.92 Å². The number of furan rings is 1. The van der Waals surface area contributed by atoms with E-state index in [1.54, 1.807) is 12.3 Å². The quantitative estimate of drug-likeness (QED) is 0.568. The molecule has 1 heterocycles. The average Bonchev–Trinajstić information content (AvgIpc) is 2.98. The molecule has 2 aromatic rings. The molecule has 0 unspecified atom stereocenters. The van der Waals surface area contributed by atoms with Gasteiger partial charge in [-0.25, -0.2) is 4.79 Å². The Morgan fingerprint density at radius 2 is 2.25 bits per heavy atom. The Hall–Kier alpha value is -1.86. The van der Waals surface area contributed by atoms with Gasteiger partial charge >= 0.3 is 0 Å². The molecule has 3 heteroatoms. The van der Waals surface area contributed by atoms with Gasteiger partial charge in [0, 0.05) is 10.9 Å². The summed E-state index contributed by atoms with van der Waals surface area (Å²) in [6.45, 7) is 2.01. The fourth-order valence-electron chi connectivity index (χ4n) is 2.20. The normalized spacial score (nSPS) is 17.1. The first-order valence-electron chi connectivity index (χ1n) is 5.33. The van der Waals surface area contributed by atoms with Crippen molar-refractivity contribution in [2.75, 3.05) is 0 Å². The number of aliphatic imine (C=N–C) groups is 1. The minimum atomic E-state index is -0.356. The number of aryl methyl sites for hydroxylation is 1. The summed E-state index contributed by atoms with van der Waals surface area (Å²) >= 11 is 0. The molecule has 0 aliphatic heterocycles. The van der Waals surface area contributed by atoms with Crippen LogP contribution < -0.4 is 0 Å². The van der Waals surface area contributed by atoms with Crippen molar-refractivity contribution in [2.24, 2.45) is 4.99 Å². The molecule has 1 aliphatic carbocycles. The van der Waals surface area contributed by atoms with Crippen molar-refractivity contribution in [3.63, 3.8) is 0 Å². The summed E-state index contributed by atoms with van der Waals surface area (Å²) in [6.07, 6.45) is 5.23. The number of para-hydroxylation sites is 1. The highest BCUT2D eigenvalue weighted by atomic mass is 16.3. The number of isocyanates is 1. The van der Waals surface area contributed by atoms with Crippen molar-refractivity contribution < 1.29 is 9.21 Å². The Morgan fingerprint density at radius 1 is 1.44 bits per heavy atom. The molecule has 0 atom stereocenters. The van der Waals surface area contributed by atoms with E-state index in [0.717, 1.165) is 34.9 Å². The molecule has 0 N–H and O–H groups in total. The maximum atomic E-state index is 10.5. The Labute approximate surface area is 92.8 Å². The van der Waals surface area contributed by atoms with Crippen LogP contribution >= 0.6 is 0 Å². The Balaban J connectivity index is 2.28. The van der Waals surface area contributed by atoms with Gasteiger partial charge in [-0.3, -0.25) is 0 Å². The Kier molecular flexibility index (Phi) is 1.79. The highest BCUT2D eigenvalue weighted by Crippen LogP contribution is 2.51. The zero-order valence-corrected chi connectivity index (χ0v) is 8.99. The van der Waals surface area contributed by atoms with E-state index in [-0.39, 0.29) is 5.54 Å². The minimum Gasteiger partial charge on any atom is -0.464 e. The molecular weight excluding hydrogens is 202 g/mol. The van der Waals surface area contributed by atoms with Crippen LogP contribution in [0.25, 0.3) is 11.0 Å². The number of nitrogens with zero attached hydrogens (tertiary/aromatic N) is 1. The highest BCUT2D eigenvalue weighted by Gasteiger charge is 2.46. The smallest absolute Gasteiger partial charge is 0.235 e. The van der Waals surface area contributed by atoms with E-state index in [2.05, 4.69) is 4.99 Å². The standard InChI is InChI=1S/C13H11NO2/c1-9-7-16-12-10(9)3-2-4-11(12)13(5-6-13)14-8-15/h2-4,7H,5-6H2,1H3. The Bertz CT molecular complexity index is 601. The van der Waals surface area contributed by atoms with E-state index >= 15 is 0 Å². The fraction of sp³-hybridized carbons (Fsp3) is 0.308. The van der Waals surface area contributed by atoms with Gasteiger partial charge < -0.3 is 4.42 Å². The maximum Gasteiger partial charge on any atom is 0.235 e. The van der Waals surface area contributed by atoms with Gasteiger partial charge in [-0.1, -0.05) is 18.2 Å². The lowest BCUT2D eigenvalue weighted by molar-refractivity contribution is 0.554. The van der Waals surface area contributed by atoms with E-state index < -0.39 is 0 Å². The summed E-state index contributed by atoms with van der Waals surface area (Å²) in [7, 11) is 0. The number of carbonyl (C=O) groups excluding carboxylic acids is 1. The zero-order chi connectivity index (χ0) is 11.2. The average molecular weight is 213 g/mol. The van der Waals surface area contributed by atoms with E-state index in [0.29, 0.717) is 0 Å². The van der Waals surface area contributed by atoms with Crippen molar-refractivity contribution in [1.29, 1.82) is 0 Å². The van der Waals surface area contributed by atoms with Crippen LogP contribution in [0.2, 0.25) is 0 Å². The molecule has 0 radical (unpaired) electrons. The number of fused-ring (bicyclic) bond motifs is 1. The first-order chi connectivity index (χ1) is 7.77. The molecule has 0 spiro atoms. The van der Waals surface area contributed by atoms with Crippen LogP contribution in [0.1, 0.15) is 24.0 Å². The monoisotopic (exact) mass is 213 g/mol. The molecule has 1 aromatic carbocycles. The third-order valence-electron chi connectivity index (χ3n) is 3.28. The highest BCUT2D eigenvalue weighted by molar-refractivity contribution is 5.85. The summed E-state index contributed by atoms with van der Waals surface area (Å²) < 4.78 is 5.56. The van der Waals surface area contributed by atoms with Crippen molar-refractivity contribution in [1.82, 2.24) is 0 Å². The number of benzene rings is 1. The van der Waals surface area contributed by atoms with Crippen molar-refractivity contribution in [3.05, 3.63) is 35.6 Å². The van der Waals surface area contributed by atoms with Crippen LogP contribution in [0.3, 0.4) is 0 Å². The largest absolute Gasteiger partial charge is 0.464 e. The summed E-state index contributed by atoms with van der Waals surface area (Å²) in [6, 6.07) is 6.00. The van der Waals surface area contributed by atoms with Gasteiger partial charge in [-0.05, 0) is 25.3 Å². The molecule has 0 bridgehead atoms. The summed E-state index contributed by atoms with van der Waals surface area (Å²) in [5.41, 5.74) is 2.63. The van der Waals surface area contributed by atoms with Crippen LogP contribution in [0.15, 0.2) is 33.9 Å². The van der Waals surface area contributed by atoms with E-state index in [1.165, 1.54) is 0 Å². The van der Waals surface area contributed by atoms with Crippen molar-refractivity contribution in [2.45, 2.75) is 25.3 Å². The summed E-state index contributed by atoms with van der Waals surface area (Å²) in [4.78, 5) is 14.4. The molecule has 1 aliphatic rings. The van der Waals surface area contributed by atoms with Crippen molar-refractivity contribution >= 4 is 17.0 Å². The molecule has 0 saturated heterocycles. The van der Waals surface area contributed by atoms with Gasteiger partial charge in [-0.2, -0.15) is 4.99 Å². The molecule has 3 nitrogen and oxygen atoms in total. The third kappa shape index (κ3) is 1.15. The molecule has 0 amide bonds. The SMILES string of the molecule is Cc1coc2c(C3(N=C=O)CC3)cccc12. The first-order valence-corrected chi connectivity index (χ1v) is 5.33. The lowest BCUT2D eigenvalue weighted by atomic mass is 10.0. The van der Waals surface area contributed by atoms with Crippen molar-refractivity contribution in [3.8, 4) is 0 Å². The van der Waals surface area contributed by atoms with Gasteiger partial charge in [0.15, 0.2) is 0 Å². The summed E-state index contributed by atoms with van der Waals surface area (Å²) in [5.74, 6) is 0. The molecule has 3 rings (SSSR count). The second-order valence-electron chi connectivity index (χ2n) is 4.34. The number of hydrogen-bond donors (Lipinski definition) is 0. The number of rotatable bonds is 2. The van der Waals surface area contributed by atoms with Gasteiger partial charge in [0.2, 0.25) is 6.08 Å². The van der Waals surface area contributed by atoms with Gasteiger partial charge in [0.1, 0.15) is 11.1 Å². The Morgan fingerprint density at radius 3 is 2.94 bits per heavy atom. The first kappa shape index (κ1) is 9.37. The predicted octanol–water partition coefficient (Wildman–Crippen LogP) is 3.07. The maximum absolute atomic E-state index is 10.5. The van der Waals surface area contributed by atoms with Crippen LogP contribution in [0.4, 0.5) is 0 Å². The van der Waals surface area contributed by atoms with Crippen LogP contribution in [-0.4, -0.2) is 6.08 Å². The van der Waals surface area contributed by atoms with Gasteiger partial charge in [0.05, 0.1) is 6.26 Å². The molecule has 1 fully saturated rings. The van der Waals surface area contributed by atoms with Crippen LogP contribution in [-0.2, 0) is 10.3 Å². The third-order valence-corrected chi connectivity index (χ3v) is 3.28. The lowest BCUT2D eigenvalue weighted by Crippen LogP contribution is -2.02. The molecule has 1 aromatic heterocycles. The van der Waals surface area contributed by atoms with Gasteiger partial charge in [0.25, 0.3) is 0 Å². The fourth-order valence-corrected chi connectivity index (χ4v) is 2.20.